The molecule has 3 heteroatoms. The third-order valence-electron chi connectivity index (χ3n) is 3.40. The quantitative estimate of drug-likeness (QED) is 0.595. The molecule has 2 aliphatic rings. The first-order valence-electron chi connectivity index (χ1n) is 5.13. The van der Waals surface area contributed by atoms with Gasteiger partial charge in [-0.1, -0.05) is 0 Å². The molecular formula is C10H16ClNO. The van der Waals surface area contributed by atoms with E-state index in [4.69, 9.17) is 11.6 Å². The van der Waals surface area contributed by atoms with Gasteiger partial charge < -0.3 is 4.90 Å². The molecule has 0 aromatic rings. The van der Waals surface area contributed by atoms with Crippen molar-refractivity contribution >= 4 is 17.5 Å². The predicted molar refractivity (Wildman–Crippen MR) is 52.8 cm³/mol. The minimum absolute atomic E-state index is 0.207. The Labute approximate surface area is 84.2 Å². The predicted octanol–water partition coefficient (Wildman–Crippen LogP) is 2.01. The highest BCUT2D eigenvalue weighted by Gasteiger charge is 2.40. The monoisotopic (exact) mass is 201 g/mol. The van der Waals surface area contributed by atoms with Gasteiger partial charge in [-0.3, -0.25) is 4.79 Å². The fourth-order valence-corrected chi connectivity index (χ4v) is 3.00. The molecule has 0 bridgehead atoms. The summed E-state index contributed by atoms with van der Waals surface area (Å²) in [5.74, 6) is 0.873. The number of carbonyl (C=O) groups is 1. The SMILES string of the molecule is CC(Cl)C1CCC(=O)N2CCCC12. The van der Waals surface area contributed by atoms with Crippen LogP contribution in [0, 0.1) is 5.92 Å². The van der Waals surface area contributed by atoms with E-state index < -0.39 is 0 Å². The first-order valence-corrected chi connectivity index (χ1v) is 5.57. The Bertz CT molecular complexity index is 217. The Morgan fingerprint density at radius 3 is 3.00 bits per heavy atom. The molecule has 2 rings (SSSR count). The smallest absolute Gasteiger partial charge is 0.222 e. The molecule has 2 heterocycles. The molecule has 0 N–H and O–H groups in total. The normalized spacial score (nSPS) is 36.2. The van der Waals surface area contributed by atoms with Crippen molar-refractivity contribution in [3.05, 3.63) is 0 Å². The van der Waals surface area contributed by atoms with Crippen LogP contribution in [0.2, 0.25) is 0 Å². The molecule has 3 unspecified atom stereocenters. The van der Waals surface area contributed by atoms with Crippen LogP contribution in [0.25, 0.3) is 0 Å². The summed E-state index contributed by atoms with van der Waals surface area (Å²) < 4.78 is 0. The standard InChI is InChI=1S/C10H16ClNO/c1-7(11)8-4-5-10(13)12-6-2-3-9(8)12/h7-9H,2-6H2,1H3. The lowest BCUT2D eigenvalue weighted by molar-refractivity contribution is -0.136. The summed E-state index contributed by atoms with van der Waals surface area (Å²) in [4.78, 5) is 13.6. The number of amides is 1. The molecule has 13 heavy (non-hydrogen) atoms. The lowest BCUT2D eigenvalue weighted by Crippen LogP contribution is -2.46. The number of rotatable bonds is 1. The summed E-state index contributed by atoms with van der Waals surface area (Å²) in [5, 5.41) is 0.207. The van der Waals surface area contributed by atoms with Crippen molar-refractivity contribution < 1.29 is 4.79 Å². The van der Waals surface area contributed by atoms with Crippen LogP contribution >= 0.6 is 11.6 Å². The van der Waals surface area contributed by atoms with E-state index in [1.807, 2.05) is 4.90 Å². The van der Waals surface area contributed by atoms with E-state index >= 15 is 0 Å². The number of hydrogen-bond donors (Lipinski definition) is 0. The fourth-order valence-electron chi connectivity index (χ4n) is 2.71. The van der Waals surface area contributed by atoms with Crippen LogP contribution in [-0.2, 0) is 4.79 Å². The van der Waals surface area contributed by atoms with Gasteiger partial charge in [0, 0.05) is 24.4 Å². The number of fused-ring (bicyclic) bond motifs is 1. The van der Waals surface area contributed by atoms with E-state index in [9.17, 15) is 4.79 Å². The van der Waals surface area contributed by atoms with Crippen molar-refractivity contribution in [2.75, 3.05) is 6.54 Å². The number of hydrogen-bond acceptors (Lipinski definition) is 1. The first kappa shape index (κ1) is 9.32. The summed E-state index contributed by atoms with van der Waals surface area (Å²) in [5.41, 5.74) is 0. The van der Waals surface area contributed by atoms with E-state index in [0.717, 1.165) is 25.8 Å². The zero-order valence-electron chi connectivity index (χ0n) is 8.00. The maximum absolute atomic E-state index is 11.5. The van der Waals surface area contributed by atoms with Crippen molar-refractivity contribution in [2.24, 2.45) is 5.92 Å². The molecule has 74 valence electrons. The Hall–Kier alpha value is -0.240. The average molecular weight is 202 g/mol. The van der Waals surface area contributed by atoms with Crippen LogP contribution < -0.4 is 0 Å². The molecule has 2 saturated heterocycles. The van der Waals surface area contributed by atoms with Crippen molar-refractivity contribution in [3.63, 3.8) is 0 Å². The highest BCUT2D eigenvalue weighted by Crippen LogP contribution is 2.35. The van der Waals surface area contributed by atoms with Crippen LogP contribution in [0.5, 0.6) is 0 Å². The van der Waals surface area contributed by atoms with Gasteiger partial charge in [0.1, 0.15) is 0 Å². The number of piperidine rings is 1. The van der Waals surface area contributed by atoms with Crippen LogP contribution in [0.4, 0.5) is 0 Å². The summed E-state index contributed by atoms with van der Waals surface area (Å²) >= 11 is 6.13. The Morgan fingerprint density at radius 2 is 2.31 bits per heavy atom. The van der Waals surface area contributed by atoms with Crippen molar-refractivity contribution in [2.45, 2.75) is 44.0 Å². The topological polar surface area (TPSA) is 20.3 Å². The minimum atomic E-state index is 0.207. The lowest BCUT2D eigenvalue weighted by atomic mass is 9.86. The van der Waals surface area contributed by atoms with Gasteiger partial charge in [-0.2, -0.15) is 0 Å². The van der Waals surface area contributed by atoms with E-state index in [1.54, 1.807) is 0 Å². The van der Waals surface area contributed by atoms with Gasteiger partial charge in [-0.15, -0.1) is 11.6 Å². The molecule has 0 radical (unpaired) electrons. The zero-order chi connectivity index (χ0) is 9.42. The Kier molecular flexibility index (Phi) is 2.50. The molecule has 2 aliphatic heterocycles. The Balaban J connectivity index is 2.12. The van der Waals surface area contributed by atoms with E-state index in [-0.39, 0.29) is 5.38 Å². The third-order valence-corrected chi connectivity index (χ3v) is 3.72. The van der Waals surface area contributed by atoms with Gasteiger partial charge >= 0.3 is 0 Å². The molecule has 0 saturated carbocycles. The van der Waals surface area contributed by atoms with Crippen LogP contribution in [-0.4, -0.2) is 28.8 Å². The van der Waals surface area contributed by atoms with Crippen LogP contribution in [0.1, 0.15) is 32.6 Å². The van der Waals surface area contributed by atoms with Crippen LogP contribution in [0.3, 0.4) is 0 Å². The zero-order valence-corrected chi connectivity index (χ0v) is 8.76. The largest absolute Gasteiger partial charge is 0.339 e. The highest BCUT2D eigenvalue weighted by atomic mass is 35.5. The van der Waals surface area contributed by atoms with E-state index in [2.05, 4.69) is 6.92 Å². The molecule has 3 atom stereocenters. The summed E-state index contributed by atoms with van der Waals surface area (Å²) in [6.07, 6.45) is 4.02. The van der Waals surface area contributed by atoms with Gasteiger partial charge in [0.25, 0.3) is 0 Å². The first-order chi connectivity index (χ1) is 6.20. The number of alkyl halides is 1. The molecule has 1 amide bonds. The van der Waals surface area contributed by atoms with E-state index in [1.165, 1.54) is 0 Å². The van der Waals surface area contributed by atoms with Crippen molar-refractivity contribution in [1.29, 1.82) is 0 Å². The minimum Gasteiger partial charge on any atom is -0.339 e. The fraction of sp³-hybridized carbons (Fsp3) is 0.900. The number of halogens is 1. The number of nitrogens with zero attached hydrogens (tertiary/aromatic N) is 1. The molecule has 2 fully saturated rings. The average Bonchev–Trinajstić information content (AvgIpc) is 2.53. The number of carbonyl (C=O) groups excluding carboxylic acids is 1. The summed E-state index contributed by atoms with van der Waals surface area (Å²) in [6.45, 7) is 3.02. The second-order valence-electron chi connectivity index (χ2n) is 4.18. The molecular weight excluding hydrogens is 186 g/mol. The van der Waals surface area contributed by atoms with Gasteiger partial charge in [-0.05, 0) is 32.1 Å². The third kappa shape index (κ3) is 1.56. The lowest BCUT2D eigenvalue weighted by Gasteiger charge is -2.37. The second-order valence-corrected chi connectivity index (χ2v) is 4.87. The maximum Gasteiger partial charge on any atom is 0.222 e. The summed E-state index contributed by atoms with van der Waals surface area (Å²) in [6, 6.07) is 0.453. The van der Waals surface area contributed by atoms with Gasteiger partial charge in [0.05, 0.1) is 0 Å². The van der Waals surface area contributed by atoms with Gasteiger partial charge in [-0.25, -0.2) is 0 Å². The second kappa shape index (κ2) is 3.49. The molecule has 0 spiro atoms. The maximum atomic E-state index is 11.5. The molecule has 0 aromatic heterocycles. The van der Waals surface area contributed by atoms with Crippen molar-refractivity contribution in [3.8, 4) is 0 Å². The van der Waals surface area contributed by atoms with E-state index in [0.29, 0.717) is 24.3 Å². The molecule has 2 nitrogen and oxygen atoms in total. The van der Waals surface area contributed by atoms with Crippen molar-refractivity contribution in [1.82, 2.24) is 4.90 Å². The Morgan fingerprint density at radius 1 is 1.54 bits per heavy atom. The van der Waals surface area contributed by atoms with Crippen LogP contribution in [0.15, 0.2) is 0 Å². The van der Waals surface area contributed by atoms with Gasteiger partial charge in [0.15, 0.2) is 0 Å². The molecule has 0 aromatic carbocycles. The summed E-state index contributed by atoms with van der Waals surface area (Å²) in [7, 11) is 0. The molecule has 0 aliphatic carbocycles. The highest BCUT2D eigenvalue weighted by molar-refractivity contribution is 6.20. The van der Waals surface area contributed by atoms with Gasteiger partial charge in [0.2, 0.25) is 5.91 Å².